The van der Waals surface area contributed by atoms with Crippen molar-refractivity contribution < 1.29 is 42.8 Å². The molecule has 44 heavy (non-hydrogen) atoms. The van der Waals surface area contributed by atoms with E-state index >= 15 is 0 Å². The molecule has 1 atom stereocenters. The predicted molar refractivity (Wildman–Crippen MR) is 172 cm³/mol. The monoisotopic (exact) mass is 649 g/mol. The molecule has 1 unspecified atom stereocenters. The van der Waals surface area contributed by atoms with Gasteiger partial charge in [-0.2, -0.15) is 4.57 Å². The number of methoxy groups -OCH3 is 1. The van der Waals surface area contributed by atoms with Gasteiger partial charge in [-0.25, -0.2) is 9.36 Å². The Bertz CT molecular complexity index is 1310. The van der Waals surface area contributed by atoms with Gasteiger partial charge in [0.1, 0.15) is 17.1 Å². The molecule has 0 fully saturated rings. The number of esters is 1. The summed E-state index contributed by atoms with van der Waals surface area (Å²) in [5.41, 5.74) is 2.84. The fourth-order valence-corrected chi connectivity index (χ4v) is 6.30. The summed E-state index contributed by atoms with van der Waals surface area (Å²) in [6.07, 6.45) is 16.9. The summed E-state index contributed by atoms with van der Waals surface area (Å²) >= 11 is 1.64. The molecule has 0 aliphatic carbocycles. The summed E-state index contributed by atoms with van der Waals surface area (Å²) in [5, 5.41) is 0. The number of phosphoric ester groups is 1. The number of benzene rings is 2. The molecular formula is C33H48NO8PS. The van der Waals surface area contributed by atoms with Crippen molar-refractivity contribution in [3.05, 3.63) is 70.2 Å². The first-order valence-electron chi connectivity index (χ1n) is 15.4. The highest BCUT2D eigenvalue weighted by Crippen LogP contribution is 2.46. The van der Waals surface area contributed by atoms with Crippen molar-refractivity contribution in [3.8, 4) is 17.2 Å². The van der Waals surface area contributed by atoms with Gasteiger partial charge in [0.05, 0.1) is 18.6 Å². The van der Waals surface area contributed by atoms with Crippen LogP contribution >= 0.6 is 19.2 Å². The van der Waals surface area contributed by atoms with Crippen molar-refractivity contribution >= 4 is 25.1 Å². The smallest absolute Gasteiger partial charge is 0.584 e. The zero-order valence-electron chi connectivity index (χ0n) is 26.2. The molecule has 0 radical (unpaired) electrons. The van der Waals surface area contributed by atoms with Crippen LogP contribution in [0.4, 0.5) is 0 Å². The minimum atomic E-state index is -4.66. The summed E-state index contributed by atoms with van der Waals surface area (Å²) in [7, 11) is -3.42. The van der Waals surface area contributed by atoms with Crippen LogP contribution in [-0.4, -0.2) is 30.1 Å². The summed E-state index contributed by atoms with van der Waals surface area (Å²) in [6.45, 7) is 5.27. The Morgan fingerprint density at radius 1 is 0.886 bits per heavy atom. The number of nitrogens with zero attached hydrogens (tertiary/aromatic N) is 1. The van der Waals surface area contributed by atoms with Gasteiger partial charge in [-0.1, -0.05) is 107 Å². The average molecular weight is 650 g/mol. The Morgan fingerprint density at radius 3 is 2.11 bits per heavy atom. The second-order valence-electron chi connectivity index (χ2n) is 10.8. The third-order valence-electron chi connectivity index (χ3n) is 7.05. The van der Waals surface area contributed by atoms with Crippen LogP contribution in [0.2, 0.25) is 0 Å². The molecular weight excluding hydrogens is 601 g/mol. The van der Waals surface area contributed by atoms with E-state index in [-0.39, 0.29) is 28.3 Å². The van der Waals surface area contributed by atoms with Crippen molar-refractivity contribution in [2.45, 2.75) is 97.4 Å². The Hall–Kier alpha value is -2.91. The van der Waals surface area contributed by atoms with Crippen LogP contribution in [0.25, 0.3) is 0 Å². The molecule has 11 heteroatoms. The Balaban J connectivity index is 0.00000675. The highest BCUT2D eigenvalue weighted by atomic mass is 32.1. The quantitative estimate of drug-likeness (QED) is 0.0526. The van der Waals surface area contributed by atoms with Crippen LogP contribution in [0.5, 0.6) is 17.2 Å². The molecule has 244 valence electrons. The highest BCUT2D eigenvalue weighted by Gasteiger charge is 2.30. The first-order valence-corrected chi connectivity index (χ1v) is 17.8. The van der Waals surface area contributed by atoms with Gasteiger partial charge in [-0.15, -0.1) is 0 Å². The molecule has 9 nitrogen and oxygen atoms in total. The maximum Gasteiger partial charge on any atom is 0.584 e. The van der Waals surface area contributed by atoms with Crippen molar-refractivity contribution in [3.63, 3.8) is 0 Å². The molecule has 3 rings (SSSR count). The molecule has 2 aromatic carbocycles. The van der Waals surface area contributed by atoms with Crippen molar-refractivity contribution in [1.82, 2.24) is 0 Å². The van der Waals surface area contributed by atoms with Crippen LogP contribution < -0.4 is 18.4 Å². The number of aromatic nitrogens is 1. The minimum absolute atomic E-state index is 0. The molecule has 0 aliphatic heterocycles. The number of phosphoric acid groups is 1. The predicted octanol–water partition coefficient (Wildman–Crippen LogP) is 8.64. The van der Waals surface area contributed by atoms with E-state index in [0.29, 0.717) is 13.2 Å². The summed E-state index contributed by atoms with van der Waals surface area (Å²) in [4.78, 5) is 24.4. The molecule has 0 saturated heterocycles. The largest absolute Gasteiger partial charge is 0.870 e. The number of aryl methyl sites for hydroxylation is 1. The van der Waals surface area contributed by atoms with Crippen LogP contribution in [0.1, 0.15) is 105 Å². The number of hydrogen-bond acceptors (Lipinski definition) is 8. The first kappa shape index (κ1) is 37.3. The van der Waals surface area contributed by atoms with E-state index in [1.54, 1.807) is 41.7 Å². The van der Waals surface area contributed by atoms with Gasteiger partial charge in [0, 0.05) is 5.56 Å². The first-order chi connectivity index (χ1) is 20.8. The van der Waals surface area contributed by atoms with Gasteiger partial charge >= 0.3 is 13.8 Å². The molecule has 0 amide bonds. The van der Waals surface area contributed by atoms with Crippen LogP contribution in [0.3, 0.4) is 0 Å². The van der Waals surface area contributed by atoms with Gasteiger partial charge in [0.25, 0.3) is 0 Å². The van der Waals surface area contributed by atoms with Gasteiger partial charge in [0.15, 0.2) is 18.5 Å². The second-order valence-corrected chi connectivity index (χ2v) is 13.2. The number of hydrogen-bond donors (Lipinski definition) is 1. The summed E-state index contributed by atoms with van der Waals surface area (Å²) < 4.78 is 36.6. The molecule has 2 N–H and O–H groups in total. The van der Waals surface area contributed by atoms with Crippen LogP contribution in [0, 0.1) is 6.92 Å². The summed E-state index contributed by atoms with van der Waals surface area (Å²) in [5.74, 6) is -0.469. The Labute approximate surface area is 266 Å². The van der Waals surface area contributed by atoms with Crippen molar-refractivity contribution in [1.29, 1.82) is 0 Å². The Kier molecular flexibility index (Phi) is 17.1. The maximum absolute atomic E-state index is 13.0. The second kappa shape index (κ2) is 20.2. The van der Waals surface area contributed by atoms with E-state index in [2.05, 4.69) is 6.92 Å². The van der Waals surface area contributed by atoms with Crippen LogP contribution in [-0.2, 0) is 15.8 Å². The van der Waals surface area contributed by atoms with E-state index in [1.165, 1.54) is 75.8 Å². The lowest BCUT2D eigenvalue weighted by atomic mass is 10.1. The summed E-state index contributed by atoms with van der Waals surface area (Å²) in [6, 6.07) is 11.5. The standard InChI is InChI=1S/C33H46NO7PS.H2O/c1-4-5-6-7-8-9-10-11-12-13-14-15-22-39-30-20-17-21-31(32(30)33(35)38-3)41-42(36,37)40-29-19-16-18-28(23-29)25-34-24-27(2)43-26-34;/h16-21,23-24,26H,4-15,22,25H2,1-3H3;1H2. The normalized spacial score (nSPS) is 12.2. The van der Waals surface area contributed by atoms with Crippen LogP contribution in [0.15, 0.2) is 54.2 Å². The van der Waals surface area contributed by atoms with Gasteiger partial charge < -0.3 is 24.0 Å². The fourth-order valence-electron chi connectivity index (χ4n) is 4.85. The number of rotatable bonds is 21. The third kappa shape index (κ3) is 13.4. The number of ether oxygens (including phenoxy) is 2. The van der Waals surface area contributed by atoms with Crippen molar-refractivity contribution in [2.75, 3.05) is 13.7 Å². The lowest BCUT2D eigenvalue weighted by Crippen LogP contribution is -2.30. The number of carbonyl (C=O) groups is 1. The van der Waals surface area contributed by atoms with Gasteiger partial charge in [-0.05, 0) is 37.6 Å². The van der Waals surface area contributed by atoms with E-state index in [1.807, 2.05) is 29.3 Å². The number of unbranched alkanes of at least 4 members (excludes halogenated alkanes) is 11. The zero-order valence-corrected chi connectivity index (χ0v) is 28.0. The maximum atomic E-state index is 13.0. The van der Waals surface area contributed by atoms with Gasteiger partial charge in [0.2, 0.25) is 5.51 Å². The van der Waals surface area contributed by atoms with E-state index < -0.39 is 13.8 Å². The highest BCUT2D eigenvalue weighted by molar-refractivity contribution is 7.48. The van der Waals surface area contributed by atoms with E-state index in [0.717, 1.165) is 24.8 Å². The molecule has 0 aliphatic rings. The SMILES string of the molecule is CCCCCCCCCCCCCCOc1cccc(OP(=O)(O)Oc2cccc(C[n+]3csc(C)c3)c2)c1C(=O)OC.[OH-]. The Morgan fingerprint density at radius 2 is 1.50 bits per heavy atom. The van der Waals surface area contributed by atoms with Crippen molar-refractivity contribution in [2.24, 2.45) is 0 Å². The van der Waals surface area contributed by atoms with Gasteiger partial charge in [-0.3, -0.25) is 4.89 Å². The molecule has 0 saturated carbocycles. The zero-order chi connectivity index (χ0) is 30.9. The third-order valence-corrected chi connectivity index (χ3v) is 8.78. The van der Waals surface area contributed by atoms with E-state index in [9.17, 15) is 14.3 Å². The lowest BCUT2D eigenvalue weighted by Gasteiger charge is -2.18. The van der Waals surface area contributed by atoms with E-state index in [4.69, 9.17) is 18.5 Å². The fraction of sp³-hybridized carbons (Fsp3) is 0.515. The molecule has 1 heterocycles. The average Bonchev–Trinajstić information content (AvgIpc) is 3.39. The lowest BCUT2D eigenvalue weighted by molar-refractivity contribution is -0.683. The molecule has 0 bridgehead atoms. The molecule has 0 spiro atoms. The molecule has 1 aromatic heterocycles. The minimum Gasteiger partial charge on any atom is -0.870 e. The number of carbonyl (C=O) groups excluding carboxylic acids is 1. The molecule has 3 aromatic rings. The number of thiazole rings is 1. The topological polar surface area (TPSA) is 125 Å².